The number of nitrogens with zero attached hydrogens (tertiary/aromatic N) is 2. The molecule has 1 atom stereocenters. The molecule has 3 aliphatic heterocycles. The smallest absolute Gasteiger partial charge is 0.228 e. The van der Waals surface area contributed by atoms with Gasteiger partial charge in [0.2, 0.25) is 11.8 Å². The molecular weight excluding hydrogens is 320 g/mol. The minimum Gasteiger partial charge on any atom is -0.347 e. The van der Waals surface area contributed by atoms with E-state index in [1.807, 2.05) is 36.1 Å². The van der Waals surface area contributed by atoms with Crippen molar-refractivity contribution in [2.75, 3.05) is 37.7 Å². The Hall–Kier alpha value is -1.92. The normalized spacial score (nSPS) is 25.8. The molecule has 2 amide bonds. The van der Waals surface area contributed by atoms with Crippen LogP contribution >= 0.6 is 0 Å². The molecule has 6 heteroatoms. The number of rotatable bonds is 2. The van der Waals surface area contributed by atoms with Crippen molar-refractivity contribution in [1.82, 2.24) is 4.90 Å². The largest absolute Gasteiger partial charge is 0.347 e. The molecule has 0 N–H and O–H groups in total. The lowest BCUT2D eigenvalue weighted by Crippen LogP contribution is -2.49. The van der Waals surface area contributed by atoms with Gasteiger partial charge in [-0.3, -0.25) is 9.59 Å². The predicted octanol–water partition coefficient (Wildman–Crippen LogP) is 1.71. The Labute approximate surface area is 147 Å². The predicted molar refractivity (Wildman–Crippen MR) is 92.1 cm³/mol. The molecule has 134 valence electrons. The summed E-state index contributed by atoms with van der Waals surface area (Å²) in [5.41, 5.74) is 1.99. The van der Waals surface area contributed by atoms with Crippen LogP contribution in [-0.2, 0) is 19.1 Å². The molecule has 25 heavy (non-hydrogen) atoms. The van der Waals surface area contributed by atoms with Crippen molar-refractivity contribution in [2.45, 2.75) is 32.0 Å². The number of anilines is 1. The van der Waals surface area contributed by atoms with E-state index in [1.165, 1.54) is 0 Å². The number of piperidine rings is 1. The van der Waals surface area contributed by atoms with Crippen LogP contribution in [0.5, 0.6) is 0 Å². The Morgan fingerprint density at radius 2 is 1.92 bits per heavy atom. The molecule has 0 aromatic heterocycles. The number of ether oxygens (including phenoxy) is 2. The first-order chi connectivity index (χ1) is 12.1. The lowest BCUT2D eigenvalue weighted by Gasteiger charge is -2.38. The summed E-state index contributed by atoms with van der Waals surface area (Å²) in [6.45, 7) is 5.01. The fraction of sp³-hybridized carbons (Fsp3) is 0.579. The summed E-state index contributed by atoms with van der Waals surface area (Å²) in [4.78, 5) is 28.9. The van der Waals surface area contributed by atoms with Crippen LogP contribution in [0.1, 0.15) is 24.8 Å². The highest BCUT2D eigenvalue weighted by molar-refractivity contribution is 6.00. The number of carbonyl (C=O) groups is 2. The third-order valence-corrected chi connectivity index (χ3v) is 5.44. The molecule has 4 rings (SSSR count). The highest BCUT2D eigenvalue weighted by Crippen LogP contribution is 2.33. The van der Waals surface area contributed by atoms with Crippen molar-refractivity contribution in [3.63, 3.8) is 0 Å². The second kappa shape index (κ2) is 6.42. The van der Waals surface area contributed by atoms with E-state index >= 15 is 0 Å². The molecule has 0 unspecified atom stereocenters. The number of hydrogen-bond acceptors (Lipinski definition) is 4. The summed E-state index contributed by atoms with van der Waals surface area (Å²) in [6.07, 6.45) is 1.71. The highest BCUT2D eigenvalue weighted by atomic mass is 16.7. The van der Waals surface area contributed by atoms with Crippen LogP contribution in [0.3, 0.4) is 0 Å². The van der Waals surface area contributed by atoms with E-state index in [-0.39, 0.29) is 17.7 Å². The molecule has 1 spiro atoms. The van der Waals surface area contributed by atoms with Crippen LogP contribution in [-0.4, -0.2) is 55.3 Å². The maximum absolute atomic E-state index is 12.9. The van der Waals surface area contributed by atoms with Gasteiger partial charge in [0, 0.05) is 44.6 Å². The maximum atomic E-state index is 12.9. The van der Waals surface area contributed by atoms with Crippen LogP contribution in [0.4, 0.5) is 5.69 Å². The van der Waals surface area contributed by atoms with Crippen LogP contribution in [0.25, 0.3) is 0 Å². The summed E-state index contributed by atoms with van der Waals surface area (Å²) in [6, 6.07) is 7.86. The molecule has 1 aromatic rings. The van der Waals surface area contributed by atoms with Gasteiger partial charge in [-0.15, -0.1) is 0 Å². The average molecular weight is 344 g/mol. The minimum atomic E-state index is -0.476. The van der Waals surface area contributed by atoms with Gasteiger partial charge in [-0.1, -0.05) is 12.1 Å². The minimum absolute atomic E-state index is 0.0277. The molecule has 6 nitrogen and oxygen atoms in total. The van der Waals surface area contributed by atoms with Gasteiger partial charge in [0.1, 0.15) is 0 Å². The first-order valence-corrected chi connectivity index (χ1v) is 9.00. The standard InChI is InChI=1S/C19H24N2O4/c1-14-3-2-4-16(11-14)21-13-15(12-17(21)22)18(23)20-7-5-19(6-8-20)24-9-10-25-19/h2-4,11,15H,5-10,12-13H2,1H3/t15-/m0/s1. The van der Waals surface area contributed by atoms with Crippen LogP contribution in [0.2, 0.25) is 0 Å². The lowest BCUT2D eigenvalue weighted by atomic mass is 10.0. The van der Waals surface area contributed by atoms with Crippen molar-refractivity contribution in [2.24, 2.45) is 5.92 Å². The molecule has 0 bridgehead atoms. The molecule has 3 heterocycles. The maximum Gasteiger partial charge on any atom is 0.228 e. The Bertz CT molecular complexity index is 674. The fourth-order valence-corrected chi connectivity index (χ4v) is 4.03. The molecule has 0 radical (unpaired) electrons. The first kappa shape index (κ1) is 16.5. The van der Waals surface area contributed by atoms with Gasteiger partial charge in [0.15, 0.2) is 5.79 Å². The van der Waals surface area contributed by atoms with Gasteiger partial charge in [-0.2, -0.15) is 0 Å². The molecule has 0 saturated carbocycles. The quantitative estimate of drug-likeness (QED) is 0.820. The van der Waals surface area contributed by atoms with Crippen LogP contribution in [0, 0.1) is 12.8 Å². The molecule has 0 aliphatic carbocycles. The van der Waals surface area contributed by atoms with Gasteiger partial charge < -0.3 is 19.3 Å². The molecule has 3 aliphatic rings. The number of likely N-dealkylation sites (tertiary alicyclic amines) is 1. The first-order valence-electron chi connectivity index (χ1n) is 9.00. The van der Waals surface area contributed by atoms with Gasteiger partial charge in [0.05, 0.1) is 19.1 Å². The number of carbonyl (C=O) groups excluding carboxylic acids is 2. The summed E-state index contributed by atoms with van der Waals surface area (Å²) in [5.74, 6) is -0.626. The van der Waals surface area contributed by atoms with Crippen molar-refractivity contribution < 1.29 is 19.1 Å². The number of hydrogen-bond donors (Lipinski definition) is 0. The number of amides is 2. The zero-order valence-electron chi connectivity index (χ0n) is 14.6. The van der Waals surface area contributed by atoms with E-state index in [2.05, 4.69) is 0 Å². The Morgan fingerprint density at radius 1 is 1.20 bits per heavy atom. The molecule has 3 saturated heterocycles. The summed E-state index contributed by atoms with van der Waals surface area (Å²) >= 11 is 0. The van der Waals surface area contributed by atoms with E-state index in [0.29, 0.717) is 52.1 Å². The fourth-order valence-electron chi connectivity index (χ4n) is 4.03. The highest BCUT2D eigenvalue weighted by Gasteiger charge is 2.43. The van der Waals surface area contributed by atoms with Crippen LogP contribution in [0.15, 0.2) is 24.3 Å². The van der Waals surface area contributed by atoms with E-state index in [1.54, 1.807) is 4.90 Å². The average Bonchev–Trinajstić information content (AvgIpc) is 3.22. The van der Waals surface area contributed by atoms with Gasteiger partial charge in [-0.25, -0.2) is 0 Å². The van der Waals surface area contributed by atoms with Gasteiger partial charge >= 0.3 is 0 Å². The molecule has 3 fully saturated rings. The van der Waals surface area contributed by atoms with Gasteiger partial charge in [-0.05, 0) is 24.6 Å². The second-order valence-corrected chi connectivity index (χ2v) is 7.18. The zero-order valence-corrected chi connectivity index (χ0v) is 14.6. The van der Waals surface area contributed by atoms with Gasteiger partial charge in [0.25, 0.3) is 0 Å². The number of aryl methyl sites for hydroxylation is 1. The van der Waals surface area contributed by atoms with Crippen molar-refractivity contribution in [3.8, 4) is 0 Å². The summed E-state index contributed by atoms with van der Waals surface area (Å²) in [5, 5.41) is 0. The monoisotopic (exact) mass is 344 g/mol. The summed E-state index contributed by atoms with van der Waals surface area (Å²) < 4.78 is 11.4. The second-order valence-electron chi connectivity index (χ2n) is 7.18. The SMILES string of the molecule is Cc1cccc(N2C[C@@H](C(=O)N3CCC4(CC3)OCCO4)CC2=O)c1. The summed E-state index contributed by atoms with van der Waals surface area (Å²) in [7, 11) is 0. The third-order valence-electron chi connectivity index (χ3n) is 5.44. The Balaban J connectivity index is 1.39. The Morgan fingerprint density at radius 3 is 2.60 bits per heavy atom. The Kier molecular flexibility index (Phi) is 4.25. The van der Waals surface area contributed by atoms with Crippen molar-refractivity contribution in [1.29, 1.82) is 0 Å². The van der Waals surface area contributed by atoms with Crippen molar-refractivity contribution >= 4 is 17.5 Å². The van der Waals surface area contributed by atoms with Crippen molar-refractivity contribution in [3.05, 3.63) is 29.8 Å². The van der Waals surface area contributed by atoms with E-state index < -0.39 is 5.79 Å². The van der Waals surface area contributed by atoms with E-state index in [4.69, 9.17) is 9.47 Å². The molecular formula is C19H24N2O4. The lowest BCUT2D eigenvalue weighted by molar-refractivity contribution is -0.188. The molecule has 1 aromatic carbocycles. The third kappa shape index (κ3) is 3.16. The van der Waals surface area contributed by atoms with Crippen LogP contribution < -0.4 is 4.90 Å². The zero-order chi connectivity index (χ0) is 17.4. The number of benzene rings is 1. The van der Waals surface area contributed by atoms with E-state index in [0.717, 1.165) is 11.3 Å². The topological polar surface area (TPSA) is 59.1 Å². The van der Waals surface area contributed by atoms with E-state index in [9.17, 15) is 9.59 Å².